The van der Waals surface area contributed by atoms with Crippen LogP contribution >= 0.6 is 0 Å². The number of hydrogen-bond acceptors (Lipinski definition) is 3. The molecule has 0 atom stereocenters. The maximum Gasteiger partial charge on any atom is 0.390 e. The smallest absolute Gasteiger partial charge is 0.326 e. The minimum Gasteiger partial charge on any atom is -0.326 e. The Kier molecular flexibility index (Phi) is 4.88. The molecule has 0 heterocycles. The molecule has 19 heavy (non-hydrogen) atoms. The number of nitrogens with one attached hydrogen (secondary N) is 1. The van der Waals surface area contributed by atoms with Gasteiger partial charge in [0.05, 0.1) is 11.3 Å². The zero-order chi connectivity index (χ0) is 14.7. The minimum absolute atomic E-state index is 0.126. The van der Waals surface area contributed by atoms with Crippen LogP contribution in [-0.4, -0.2) is 21.1 Å². The zero-order valence-electron chi connectivity index (χ0n) is 9.67. The van der Waals surface area contributed by atoms with Gasteiger partial charge in [-0.05, 0) is 17.7 Å². The second-order valence-electron chi connectivity index (χ2n) is 3.72. The fraction of sp³-hybridized carbons (Fsp3) is 0.400. The quantitative estimate of drug-likeness (QED) is 0.810. The molecule has 0 spiro atoms. The van der Waals surface area contributed by atoms with Crippen LogP contribution in [0.1, 0.15) is 12.0 Å². The maximum atomic E-state index is 13.0. The number of hydrogen-bond donors (Lipinski definition) is 2. The van der Waals surface area contributed by atoms with Crippen LogP contribution in [-0.2, 0) is 16.6 Å². The average molecular weight is 300 g/mol. The lowest BCUT2D eigenvalue weighted by atomic mass is 10.2. The summed E-state index contributed by atoms with van der Waals surface area (Å²) in [4.78, 5) is -0.447. The fourth-order valence-corrected chi connectivity index (χ4v) is 2.64. The Labute approximate surface area is 107 Å². The second kappa shape index (κ2) is 5.85. The highest BCUT2D eigenvalue weighted by Gasteiger charge is 2.28. The van der Waals surface area contributed by atoms with E-state index in [1.54, 1.807) is 4.72 Å². The highest BCUT2D eigenvalue weighted by molar-refractivity contribution is 7.89. The van der Waals surface area contributed by atoms with Gasteiger partial charge >= 0.3 is 6.18 Å². The first-order valence-electron chi connectivity index (χ1n) is 5.20. The number of benzene rings is 1. The van der Waals surface area contributed by atoms with Crippen molar-refractivity contribution in [2.75, 3.05) is 6.54 Å². The molecule has 4 nitrogen and oxygen atoms in total. The predicted octanol–water partition coefficient (Wildman–Crippen LogP) is 1.52. The lowest BCUT2D eigenvalue weighted by Gasteiger charge is -2.11. The van der Waals surface area contributed by atoms with E-state index in [0.29, 0.717) is 0 Å². The summed E-state index contributed by atoms with van der Waals surface area (Å²) >= 11 is 0. The van der Waals surface area contributed by atoms with Crippen molar-refractivity contribution in [3.05, 3.63) is 29.6 Å². The number of halogens is 4. The molecule has 0 fully saturated rings. The largest absolute Gasteiger partial charge is 0.390 e. The SMILES string of the molecule is NCc1ccc(F)cc1S(=O)(=O)NCCC(F)(F)F. The van der Waals surface area contributed by atoms with Crippen LogP contribution in [0.25, 0.3) is 0 Å². The van der Waals surface area contributed by atoms with E-state index in [1.807, 2.05) is 0 Å². The Bertz CT molecular complexity index is 543. The molecule has 0 radical (unpaired) electrons. The summed E-state index contributed by atoms with van der Waals surface area (Å²) in [5.41, 5.74) is 5.43. The van der Waals surface area contributed by atoms with Crippen LogP contribution in [0.5, 0.6) is 0 Å². The van der Waals surface area contributed by atoms with E-state index < -0.39 is 39.9 Å². The number of alkyl halides is 3. The summed E-state index contributed by atoms with van der Waals surface area (Å²) in [6, 6.07) is 2.92. The van der Waals surface area contributed by atoms with Crippen molar-refractivity contribution < 1.29 is 26.0 Å². The maximum absolute atomic E-state index is 13.0. The number of nitrogens with two attached hydrogens (primary N) is 1. The van der Waals surface area contributed by atoms with E-state index in [4.69, 9.17) is 5.73 Å². The highest BCUT2D eigenvalue weighted by atomic mass is 32.2. The normalized spacial score (nSPS) is 12.7. The molecular formula is C10H12F4N2O2S. The van der Waals surface area contributed by atoms with Gasteiger partial charge in [-0.2, -0.15) is 13.2 Å². The Morgan fingerprint density at radius 3 is 2.42 bits per heavy atom. The van der Waals surface area contributed by atoms with Gasteiger partial charge in [-0.3, -0.25) is 0 Å². The van der Waals surface area contributed by atoms with Crippen molar-refractivity contribution in [1.82, 2.24) is 4.72 Å². The standard InChI is InChI=1S/C10H12F4N2O2S/c11-8-2-1-7(6-15)9(5-8)19(17,18)16-4-3-10(12,13)14/h1-2,5,16H,3-4,6,15H2. The first kappa shape index (κ1) is 15.9. The lowest BCUT2D eigenvalue weighted by Crippen LogP contribution is -2.29. The van der Waals surface area contributed by atoms with Gasteiger partial charge in [0.1, 0.15) is 5.82 Å². The van der Waals surface area contributed by atoms with Crippen molar-refractivity contribution in [3.8, 4) is 0 Å². The molecule has 108 valence electrons. The summed E-state index contributed by atoms with van der Waals surface area (Å²) in [7, 11) is -4.22. The third kappa shape index (κ3) is 4.77. The van der Waals surface area contributed by atoms with E-state index in [-0.39, 0.29) is 12.1 Å². The fourth-order valence-electron chi connectivity index (χ4n) is 1.35. The monoisotopic (exact) mass is 300 g/mol. The van der Waals surface area contributed by atoms with Gasteiger partial charge in [-0.25, -0.2) is 17.5 Å². The summed E-state index contributed by atoms with van der Waals surface area (Å²) < 4.78 is 74.1. The topological polar surface area (TPSA) is 72.2 Å². The van der Waals surface area contributed by atoms with Gasteiger partial charge in [-0.1, -0.05) is 6.07 Å². The molecule has 0 aromatic heterocycles. The molecule has 1 aromatic rings. The second-order valence-corrected chi connectivity index (χ2v) is 5.45. The van der Waals surface area contributed by atoms with Crippen molar-refractivity contribution in [2.24, 2.45) is 5.73 Å². The van der Waals surface area contributed by atoms with Crippen LogP contribution < -0.4 is 10.5 Å². The van der Waals surface area contributed by atoms with Gasteiger partial charge in [0.2, 0.25) is 10.0 Å². The van der Waals surface area contributed by atoms with E-state index in [0.717, 1.165) is 12.1 Å². The van der Waals surface area contributed by atoms with Crippen LogP contribution in [0.3, 0.4) is 0 Å². The Hall–Kier alpha value is -1.19. The molecule has 0 saturated carbocycles. The summed E-state index contributed by atoms with van der Waals surface area (Å²) in [5.74, 6) is -0.812. The molecule has 3 N–H and O–H groups in total. The third-order valence-corrected chi connectivity index (χ3v) is 3.78. The number of rotatable bonds is 5. The first-order valence-corrected chi connectivity index (χ1v) is 6.69. The van der Waals surface area contributed by atoms with Gasteiger partial charge in [0.15, 0.2) is 0 Å². The molecule has 0 aliphatic heterocycles. The van der Waals surface area contributed by atoms with E-state index >= 15 is 0 Å². The minimum atomic E-state index is -4.47. The van der Waals surface area contributed by atoms with Crippen molar-refractivity contribution in [2.45, 2.75) is 24.0 Å². The first-order chi connectivity index (χ1) is 8.65. The van der Waals surface area contributed by atoms with Gasteiger partial charge in [0, 0.05) is 13.1 Å². The van der Waals surface area contributed by atoms with Crippen molar-refractivity contribution in [3.63, 3.8) is 0 Å². The molecule has 0 aliphatic rings. The van der Waals surface area contributed by atoms with Crippen LogP contribution in [0.2, 0.25) is 0 Å². The van der Waals surface area contributed by atoms with Crippen molar-refractivity contribution >= 4 is 10.0 Å². The summed E-state index contributed by atoms with van der Waals surface area (Å²) in [5, 5.41) is 0. The average Bonchev–Trinajstić information content (AvgIpc) is 2.27. The molecule has 0 bridgehead atoms. The molecule has 0 saturated heterocycles. The van der Waals surface area contributed by atoms with Crippen LogP contribution in [0.15, 0.2) is 23.1 Å². The number of sulfonamides is 1. The third-order valence-electron chi connectivity index (χ3n) is 2.24. The molecular weight excluding hydrogens is 288 g/mol. The molecule has 9 heteroatoms. The van der Waals surface area contributed by atoms with Gasteiger partial charge in [-0.15, -0.1) is 0 Å². The van der Waals surface area contributed by atoms with Gasteiger partial charge in [0.25, 0.3) is 0 Å². The van der Waals surface area contributed by atoms with Crippen LogP contribution in [0, 0.1) is 5.82 Å². The summed E-state index contributed by atoms with van der Waals surface area (Å²) in [6.07, 6.45) is -5.78. The Morgan fingerprint density at radius 2 is 1.89 bits per heavy atom. The lowest BCUT2D eigenvalue weighted by molar-refractivity contribution is -0.132. The molecule has 0 aliphatic carbocycles. The van der Waals surface area contributed by atoms with Crippen LogP contribution in [0.4, 0.5) is 17.6 Å². The van der Waals surface area contributed by atoms with E-state index in [2.05, 4.69) is 0 Å². The molecule has 0 unspecified atom stereocenters. The van der Waals surface area contributed by atoms with E-state index in [1.165, 1.54) is 6.07 Å². The Morgan fingerprint density at radius 1 is 1.26 bits per heavy atom. The molecule has 0 amide bonds. The molecule has 1 aromatic carbocycles. The predicted molar refractivity (Wildman–Crippen MR) is 60.2 cm³/mol. The summed E-state index contributed by atoms with van der Waals surface area (Å²) in [6.45, 7) is -0.984. The van der Waals surface area contributed by atoms with Gasteiger partial charge < -0.3 is 5.73 Å². The highest BCUT2D eigenvalue weighted by Crippen LogP contribution is 2.20. The zero-order valence-corrected chi connectivity index (χ0v) is 10.5. The van der Waals surface area contributed by atoms with Crippen molar-refractivity contribution in [1.29, 1.82) is 0 Å². The van der Waals surface area contributed by atoms with E-state index in [9.17, 15) is 26.0 Å². The Balaban J connectivity index is 2.91. The molecule has 1 rings (SSSR count).